The maximum absolute atomic E-state index is 11.5. The molecule has 1 amide bonds. The molecule has 0 aliphatic heterocycles. The third-order valence-corrected chi connectivity index (χ3v) is 2.52. The Kier molecular flexibility index (Phi) is 6.21. The van der Waals surface area contributed by atoms with Crippen LogP contribution >= 0.6 is 12.4 Å². The van der Waals surface area contributed by atoms with E-state index in [1.54, 1.807) is 6.92 Å². The van der Waals surface area contributed by atoms with E-state index in [1.165, 1.54) is 11.1 Å². The second kappa shape index (κ2) is 6.62. The van der Waals surface area contributed by atoms with Crippen molar-refractivity contribution < 1.29 is 4.79 Å². The van der Waals surface area contributed by atoms with Gasteiger partial charge in [-0.3, -0.25) is 4.79 Å². The van der Waals surface area contributed by atoms with Crippen molar-refractivity contribution in [2.75, 3.05) is 0 Å². The third kappa shape index (κ3) is 4.75. The van der Waals surface area contributed by atoms with Crippen LogP contribution in [0.25, 0.3) is 0 Å². The highest BCUT2D eigenvalue weighted by atomic mass is 35.5. The fraction of sp³-hybridized carbons (Fsp3) is 0.462. The number of nitrogens with two attached hydrogens (primary N) is 1. The lowest BCUT2D eigenvalue weighted by molar-refractivity contribution is -0.122. The zero-order valence-corrected chi connectivity index (χ0v) is 11.6. The van der Waals surface area contributed by atoms with Gasteiger partial charge >= 0.3 is 0 Å². The fourth-order valence-corrected chi connectivity index (χ4v) is 1.69. The zero-order chi connectivity index (χ0) is 12.3. The summed E-state index contributed by atoms with van der Waals surface area (Å²) in [7, 11) is 0. The third-order valence-electron chi connectivity index (χ3n) is 2.52. The quantitative estimate of drug-likeness (QED) is 0.872. The van der Waals surface area contributed by atoms with Crippen molar-refractivity contribution >= 4 is 18.3 Å². The SMILES string of the molecule is Cc1cc(C)cc(C(C)NC(=O)[C@H](C)N)c1.Cl. The Morgan fingerprint density at radius 1 is 1.18 bits per heavy atom. The minimum Gasteiger partial charge on any atom is -0.348 e. The summed E-state index contributed by atoms with van der Waals surface area (Å²) in [6, 6.07) is 5.81. The Morgan fingerprint density at radius 2 is 1.65 bits per heavy atom. The van der Waals surface area contributed by atoms with Crippen molar-refractivity contribution in [3.63, 3.8) is 0 Å². The van der Waals surface area contributed by atoms with Gasteiger partial charge in [0, 0.05) is 0 Å². The number of hydrogen-bond acceptors (Lipinski definition) is 2. The standard InChI is InChI=1S/C13H20N2O.ClH/c1-8-5-9(2)7-12(6-8)11(4)15-13(16)10(3)14;/h5-7,10-11H,14H2,1-4H3,(H,15,16);1H/t10-,11?;/m0./s1. The summed E-state index contributed by atoms with van der Waals surface area (Å²) in [6.45, 7) is 7.76. The van der Waals surface area contributed by atoms with Gasteiger partial charge in [-0.1, -0.05) is 29.3 Å². The molecular formula is C13H21ClN2O. The molecule has 0 spiro atoms. The molecule has 0 saturated carbocycles. The fourth-order valence-electron chi connectivity index (χ4n) is 1.69. The molecule has 0 aliphatic carbocycles. The van der Waals surface area contributed by atoms with Gasteiger partial charge in [0.25, 0.3) is 0 Å². The maximum Gasteiger partial charge on any atom is 0.237 e. The Balaban J connectivity index is 0.00000256. The largest absolute Gasteiger partial charge is 0.348 e. The van der Waals surface area contributed by atoms with Crippen molar-refractivity contribution in [2.24, 2.45) is 5.73 Å². The second-order valence-electron chi connectivity index (χ2n) is 4.44. The van der Waals surface area contributed by atoms with Gasteiger partial charge in [-0.2, -0.15) is 0 Å². The van der Waals surface area contributed by atoms with Crippen molar-refractivity contribution in [2.45, 2.75) is 39.8 Å². The summed E-state index contributed by atoms with van der Waals surface area (Å²) in [5, 5.41) is 2.89. The van der Waals surface area contributed by atoms with Crippen LogP contribution in [0.2, 0.25) is 0 Å². The number of hydrogen-bond donors (Lipinski definition) is 2. The molecule has 1 rings (SSSR count). The van der Waals surface area contributed by atoms with Gasteiger partial charge in [0.15, 0.2) is 0 Å². The van der Waals surface area contributed by atoms with E-state index in [2.05, 4.69) is 37.4 Å². The summed E-state index contributed by atoms with van der Waals surface area (Å²) in [5.41, 5.74) is 9.04. The van der Waals surface area contributed by atoms with Crippen LogP contribution in [0.5, 0.6) is 0 Å². The number of amides is 1. The first-order chi connectivity index (χ1) is 7.40. The molecule has 1 aromatic carbocycles. The molecular weight excluding hydrogens is 236 g/mol. The predicted octanol–water partition coefficient (Wildman–Crippen LogP) is 2.25. The molecule has 96 valence electrons. The molecule has 3 N–H and O–H groups in total. The molecule has 2 atom stereocenters. The minimum atomic E-state index is -0.464. The molecule has 4 heteroatoms. The molecule has 1 unspecified atom stereocenters. The molecule has 17 heavy (non-hydrogen) atoms. The van der Waals surface area contributed by atoms with Crippen LogP contribution in [0.3, 0.4) is 0 Å². The van der Waals surface area contributed by atoms with E-state index in [0.29, 0.717) is 0 Å². The zero-order valence-electron chi connectivity index (χ0n) is 10.8. The van der Waals surface area contributed by atoms with Crippen molar-refractivity contribution in [3.05, 3.63) is 34.9 Å². The Hall–Kier alpha value is -1.06. The molecule has 0 fully saturated rings. The highest BCUT2D eigenvalue weighted by Gasteiger charge is 2.12. The van der Waals surface area contributed by atoms with Crippen molar-refractivity contribution in [3.8, 4) is 0 Å². The lowest BCUT2D eigenvalue weighted by Crippen LogP contribution is -2.39. The topological polar surface area (TPSA) is 55.1 Å². The first-order valence-corrected chi connectivity index (χ1v) is 5.54. The lowest BCUT2D eigenvalue weighted by atomic mass is 10.0. The van der Waals surface area contributed by atoms with E-state index in [4.69, 9.17) is 5.73 Å². The Labute approximate surface area is 109 Å². The summed E-state index contributed by atoms with van der Waals surface area (Å²) in [6.07, 6.45) is 0. The number of halogens is 1. The summed E-state index contributed by atoms with van der Waals surface area (Å²) < 4.78 is 0. The highest BCUT2D eigenvalue weighted by Crippen LogP contribution is 2.16. The first kappa shape index (κ1) is 15.9. The number of carbonyl (C=O) groups is 1. The summed E-state index contributed by atoms with van der Waals surface area (Å²) >= 11 is 0. The molecule has 0 radical (unpaired) electrons. The maximum atomic E-state index is 11.5. The number of benzene rings is 1. The van der Waals surface area contributed by atoms with Gasteiger partial charge in [0.1, 0.15) is 0 Å². The average molecular weight is 257 g/mol. The molecule has 0 saturated heterocycles. The van der Waals surface area contributed by atoms with E-state index in [0.717, 1.165) is 5.56 Å². The molecule has 0 aliphatic rings. The van der Waals surface area contributed by atoms with Gasteiger partial charge < -0.3 is 11.1 Å². The van der Waals surface area contributed by atoms with E-state index in [9.17, 15) is 4.79 Å². The van der Waals surface area contributed by atoms with Gasteiger partial charge in [0.05, 0.1) is 12.1 Å². The minimum absolute atomic E-state index is 0. The van der Waals surface area contributed by atoms with Gasteiger partial charge in [-0.15, -0.1) is 12.4 Å². The van der Waals surface area contributed by atoms with Crippen LogP contribution < -0.4 is 11.1 Å². The predicted molar refractivity (Wildman–Crippen MR) is 73.4 cm³/mol. The molecule has 3 nitrogen and oxygen atoms in total. The number of aryl methyl sites for hydroxylation is 2. The lowest BCUT2D eigenvalue weighted by Gasteiger charge is -2.17. The Bertz CT molecular complexity index is 371. The normalized spacial score (nSPS) is 13.5. The van der Waals surface area contributed by atoms with Gasteiger partial charge in [-0.25, -0.2) is 0 Å². The van der Waals surface area contributed by atoms with Gasteiger partial charge in [0.2, 0.25) is 5.91 Å². The van der Waals surface area contributed by atoms with Crippen LogP contribution in [0, 0.1) is 13.8 Å². The van der Waals surface area contributed by atoms with Crippen LogP contribution in [-0.4, -0.2) is 11.9 Å². The van der Waals surface area contributed by atoms with Crippen molar-refractivity contribution in [1.82, 2.24) is 5.32 Å². The molecule has 0 aromatic heterocycles. The molecule has 0 bridgehead atoms. The monoisotopic (exact) mass is 256 g/mol. The van der Waals surface area contributed by atoms with Gasteiger partial charge in [-0.05, 0) is 33.3 Å². The summed E-state index contributed by atoms with van der Waals surface area (Å²) in [4.78, 5) is 11.5. The number of nitrogens with one attached hydrogen (secondary N) is 1. The molecule has 1 aromatic rings. The number of carbonyl (C=O) groups excluding carboxylic acids is 1. The average Bonchev–Trinajstić information content (AvgIpc) is 2.15. The van der Waals surface area contributed by atoms with Crippen LogP contribution in [-0.2, 0) is 4.79 Å². The van der Waals surface area contributed by atoms with Crippen LogP contribution in [0.15, 0.2) is 18.2 Å². The second-order valence-corrected chi connectivity index (χ2v) is 4.44. The summed E-state index contributed by atoms with van der Waals surface area (Å²) in [5.74, 6) is -0.119. The number of rotatable bonds is 3. The highest BCUT2D eigenvalue weighted by molar-refractivity contribution is 5.85. The van der Waals surface area contributed by atoms with E-state index >= 15 is 0 Å². The first-order valence-electron chi connectivity index (χ1n) is 5.54. The Morgan fingerprint density at radius 3 is 2.06 bits per heavy atom. The smallest absolute Gasteiger partial charge is 0.237 e. The van der Waals surface area contributed by atoms with Crippen LogP contribution in [0.4, 0.5) is 0 Å². The van der Waals surface area contributed by atoms with Crippen LogP contribution in [0.1, 0.15) is 36.6 Å². The van der Waals surface area contributed by atoms with E-state index < -0.39 is 6.04 Å². The van der Waals surface area contributed by atoms with E-state index in [-0.39, 0.29) is 24.4 Å². The molecule has 0 heterocycles. The van der Waals surface area contributed by atoms with Crippen molar-refractivity contribution in [1.29, 1.82) is 0 Å². The van der Waals surface area contributed by atoms with E-state index in [1.807, 2.05) is 6.92 Å².